The zero-order valence-corrected chi connectivity index (χ0v) is 13.9. The van der Waals surface area contributed by atoms with Crippen molar-refractivity contribution in [1.82, 2.24) is 4.57 Å². The maximum absolute atomic E-state index is 12.7. The molecule has 0 fully saturated rings. The van der Waals surface area contributed by atoms with Gasteiger partial charge in [0.2, 0.25) is 0 Å². The molecule has 0 unspecified atom stereocenters. The quantitative estimate of drug-likeness (QED) is 0.637. The van der Waals surface area contributed by atoms with E-state index in [-0.39, 0.29) is 17.7 Å². The summed E-state index contributed by atoms with van der Waals surface area (Å²) in [6.45, 7) is 3.53. The topological polar surface area (TPSA) is 72.1 Å². The molecule has 0 N–H and O–H groups in total. The summed E-state index contributed by atoms with van der Waals surface area (Å²) in [5.74, 6) is -0.532. The largest absolute Gasteiger partial charge is 0.462 e. The van der Waals surface area contributed by atoms with Crippen LogP contribution in [0.2, 0.25) is 0 Å². The number of rotatable bonds is 4. The SMILES string of the molecule is CCOC(=O)c1c(C)c(C#N)c(=O)n(-c2ccccc2)c1SC. The number of ether oxygens (including phenoxy) is 1. The Morgan fingerprint density at radius 2 is 2.00 bits per heavy atom. The van der Waals surface area contributed by atoms with E-state index in [0.29, 0.717) is 16.3 Å². The number of carbonyl (C=O) groups is 1. The summed E-state index contributed by atoms with van der Waals surface area (Å²) in [6, 6.07) is 10.8. The highest BCUT2D eigenvalue weighted by atomic mass is 32.2. The lowest BCUT2D eigenvalue weighted by Crippen LogP contribution is -2.27. The molecule has 23 heavy (non-hydrogen) atoms. The third-order valence-electron chi connectivity index (χ3n) is 3.38. The van der Waals surface area contributed by atoms with Crippen LogP contribution in [-0.4, -0.2) is 23.4 Å². The van der Waals surface area contributed by atoms with Gasteiger partial charge in [0.15, 0.2) is 0 Å². The molecule has 0 bridgehead atoms. The predicted molar refractivity (Wildman–Crippen MR) is 89.2 cm³/mol. The second-order valence-electron chi connectivity index (χ2n) is 4.69. The van der Waals surface area contributed by atoms with Crippen molar-refractivity contribution in [2.24, 2.45) is 0 Å². The molecular weight excluding hydrogens is 312 g/mol. The van der Waals surface area contributed by atoms with Gasteiger partial charge in [0.05, 0.1) is 17.2 Å². The van der Waals surface area contributed by atoms with Crippen molar-refractivity contribution in [3.05, 3.63) is 57.4 Å². The van der Waals surface area contributed by atoms with Crippen LogP contribution in [0.1, 0.15) is 28.4 Å². The summed E-state index contributed by atoms with van der Waals surface area (Å²) in [7, 11) is 0. The van der Waals surface area contributed by atoms with Crippen molar-refractivity contribution in [2.75, 3.05) is 12.9 Å². The van der Waals surface area contributed by atoms with Crippen LogP contribution in [0.4, 0.5) is 0 Å². The molecule has 6 heteroatoms. The van der Waals surface area contributed by atoms with Gasteiger partial charge in [-0.2, -0.15) is 5.26 Å². The van der Waals surface area contributed by atoms with E-state index in [1.54, 1.807) is 44.4 Å². The molecule has 0 spiro atoms. The Kier molecular flexibility index (Phi) is 5.24. The van der Waals surface area contributed by atoms with Crippen molar-refractivity contribution >= 4 is 17.7 Å². The summed E-state index contributed by atoms with van der Waals surface area (Å²) in [6.07, 6.45) is 1.78. The Morgan fingerprint density at radius 3 is 2.52 bits per heavy atom. The summed E-state index contributed by atoms with van der Waals surface area (Å²) < 4.78 is 6.50. The Balaban J connectivity index is 2.92. The molecule has 118 valence electrons. The van der Waals surface area contributed by atoms with Crippen LogP contribution >= 0.6 is 11.8 Å². The molecule has 0 radical (unpaired) electrons. The maximum Gasteiger partial charge on any atom is 0.341 e. The van der Waals surface area contributed by atoms with Crippen LogP contribution in [0.15, 0.2) is 40.2 Å². The first kappa shape index (κ1) is 16.8. The molecule has 0 amide bonds. The minimum Gasteiger partial charge on any atom is -0.462 e. The minimum atomic E-state index is -0.532. The molecule has 1 heterocycles. The van der Waals surface area contributed by atoms with Crippen molar-refractivity contribution < 1.29 is 9.53 Å². The number of hydrogen-bond donors (Lipinski definition) is 0. The van der Waals surface area contributed by atoms with Gasteiger partial charge in [0.25, 0.3) is 5.56 Å². The van der Waals surface area contributed by atoms with Gasteiger partial charge in [-0.1, -0.05) is 18.2 Å². The number of pyridine rings is 1. The molecule has 0 aliphatic rings. The van der Waals surface area contributed by atoms with E-state index in [4.69, 9.17) is 4.74 Å². The summed E-state index contributed by atoms with van der Waals surface area (Å²) >= 11 is 1.27. The number of esters is 1. The van der Waals surface area contributed by atoms with Crippen molar-refractivity contribution in [3.63, 3.8) is 0 Å². The first-order valence-corrected chi connectivity index (χ1v) is 8.25. The Hall–Kier alpha value is -2.52. The number of benzene rings is 1. The second kappa shape index (κ2) is 7.16. The number of thioether (sulfide) groups is 1. The summed E-state index contributed by atoms with van der Waals surface area (Å²) in [4.78, 5) is 25.1. The lowest BCUT2D eigenvalue weighted by molar-refractivity contribution is 0.0519. The smallest absolute Gasteiger partial charge is 0.341 e. The molecule has 1 aromatic carbocycles. The molecule has 0 aliphatic heterocycles. The van der Waals surface area contributed by atoms with E-state index in [0.717, 1.165) is 0 Å². The summed E-state index contributed by atoms with van der Waals surface area (Å²) in [5, 5.41) is 9.82. The van der Waals surface area contributed by atoms with Crippen LogP contribution < -0.4 is 5.56 Å². The monoisotopic (exact) mass is 328 g/mol. The van der Waals surface area contributed by atoms with E-state index >= 15 is 0 Å². The lowest BCUT2D eigenvalue weighted by atomic mass is 10.1. The van der Waals surface area contributed by atoms with Gasteiger partial charge in [-0.15, -0.1) is 11.8 Å². The van der Waals surface area contributed by atoms with Crippen LogP contribution in [-0.2, 0) is 4.74 Å². The van der Waals surface area contributed by atoms with Crippen LogP contribution in [0.5, 0.6) is 0 Å². The zero-order chi connectivity index (χ0) is 17.0. The maximum atomic E-state index is 12.7. The number of para-hydroxylation sites is 1. The lowest BCUT2D eigenvalue weighted by Gasteiger charge is -2.17. The number of carbonyl (C=O) groups excluding carboxylic acids is 1. The highest BCUT2D eigenvalue weighted by Crippen LogP contribution is 2.27. The first-order chi connectivity index (χ1) is 11.1. The third kappa shape index (κ3) is 3.01. The van der Waals surface area contributed by atoms with Gasteiger partial charge >= 0.3 is 5.97 Å². The molecule has 0 aliphatic carbocycles. The van der Waals surface area contributed by atoms with Gasteiger partial charge in [0, 0.05) is 5.69 Å². The first-order valence-electron chi connectivity index (χ1n) is 7.03. The van der Waals surface area contributed by atoms with Gasteiger partial charge in [-0.3, -0.25) is 9.36 Å². The molecule has 2 rings (SSSR count). The van der Waals surface area contributed by atoms with Crippen molar-refractivity contribution in [3.8, 4) is 11.8 Å². The van der Waals surface area contributed by atoms with Gasteiger partial charge in [-0.25, -0.2) is 4.79 Å². The Morgan fingerprint density at radius 1 is 1.35 bits per heavy atom. The number of hydrogen-bond acceptors (Lipinski definition) is 5. The van der Waals surface area contributed by atoms with Gasteiger partial charge < -0.3 is 4.74 Å². The Bertz CT molecular complexity index is 836. The number of nitriles is 1. The van der Waals surface area contributed by atoms with Crippen molar-refractivity contribution in [1.29, 1.82) is 5.26 Å². The molecule has 0 saturated carbocycles. The fourth-order valence-corrected chi connectivity index (χ4v) is 3.15. The molecular formula is C17H16N2O3S. The van der Waals surface area contributed by atoms with Crippen molar-refractivity contribution in [2.45, 2.75) is 18.9 Å². The van der Waals surface area contributed by atoms with Crippen LogP contribution in [0.25, 0.3) is 5.69 Å². The highest BCUT2D eigenvalue weighted by Gasteiger charge is 2.25. The number of nitrogens with zero attached hydrogens (tertiary/aromatic N) is 2. The number of aromatic nitrogens is 1. The molecule has 1 aromatic heterocycles. The Labute approximate surface area is 138 Å². The zero-order valence-electron chi connectivity index (χ0n) is 13.1. The molecule has 0 saturated heterocycles. The van der Waals surface area contributed by atoms with E-state index in [9.17, 15) is 14.9 Å². The fourth-order valence-electron chi connectivity index (χ4n) is 2.34. The van der Waals surface area contributed by atoms with E-state index in [1.807, 2.05) is 12.1 Å². The molecule has 5 nitrogen and oxygen atoms in total. The normalized spacial score (nSPS) is 10.2. The second-order valence-corrected chi connectivity index (χ2v) is 5.49. The fraction of sp³-hybridized carbons (Fsp3) is 0.235. The summed E-state index contributed by atoms with van der Waals surface area (Å²) in [5.41, 5.74) is 0.735. The van der Waals surface area contributed by atoms with Crippen LogP contribution in [0, 0.1) is 18.3 Å². The predicted octanol–water partition coefficient (Wildman–Crippen LogP) is 2.92. The van der Waals surface area contributed by atoms with Gasteiger partial charge in [0.1, 0.15) is 11.6 Å². The average molecular weight is 328 g/mol. The average Bonchev–Trinajstić information content (AvgIpc) is 2.55. The minimum absolute atomic E-state index is 0.0466. The van der Waals surface area contributed by atoms with E-state index in [2.05, 4.69) is 0 Å². The molecule has 2 aromatic rings. The van der Waals surface area contributed by atoms with E-state index < -0.39 is 11.5 Å². The van der Waals surface area contributed by atoms with Gasteiger partial charge in [-0.05, 0) is 37.8 Å². The van der Waals surface area contributed by atoms with Crippen LogP contribution in [0.3, 0.4) is 0 Å². The third-order valence-corrected chi connectivity index (χ3v) is 4.16. The standard InChI is InChI=1S/C17H16N2O3S/c1-4-22-17(21)14-11(2)13(10-18)15(20)19(16(14)23-3)12-8-6-5-7-9-12/h5-9H,4H2,1-3H3. The van der Waals surface area contributed by atoms with E-state index in [1.165, 1.54) is 16.3 Å². The highest BCUT2D eigenvalue weighted by molar-refractivity contribution is 7.98. The molecule has 0 atom stereocenters.